The fourth-order valence-electron chi connectivity index (χ4n) is 1.88. The zero-order chi connectivity index (χ0) is 11.1. The number of hydrogen-bond acceptors (Lipinski definition) is 3. The lowest BCUT2D eigenvalue weighted by molar-refractivity contribution is -0.679. The molecule has 16 heavy (non-hydrogen) atoms. The number of benzene rings is 1. The van der Waals surface area contributed by atoms with Crippen LogP contribution in [0.15, 0.2) is 31.0 Å². The fourth-order valence-corrected chi connectivity index (χ4v) is 1.88. The van der Waals surface area contributed by atoms with Crippen LogP contribution in [0.1, 0.15) is 5.69 Å². The number of hydrogen-bond donors (Lipinski definition) is 0. The molecule has 0 fully saturated rings. The predicted octanol–water partition coefficient (Wildman–Crippen LogP) is 1.31. The van der Waals surface area contributed by atoms with Crippen molar-refractivity contribution in [3.8, 4) is 0 Å². The number of aromatic nitrogens is 4. The number of fused-ring (bicyclic) bond motifs is 3. The lowest BCUT2D eigenvalue weighted by Gasteiger charge is -2.01. The van der Waals surface area contributed by atoms with Crippen LogP contribution in [0, 0.1) is 6.92 Å². The highest BCUT2D eigenvalue weighted by Gasteiger charge is 2.12. The van der Waals surface area contributed by atoms with Gasteiger partial charge in [-0.25, -0.2) is 14.5 Å². The Morgan fingerprint density at radius 2 is 2.00 bits per heavy atom. The summed E-state index contributed by atoms with van der Waals surface area (Å²) < 4.78 is 2.01. The molecule has 4 nitrogen and oxygen atoms in total. The largest absolute Gasteiger partial charge is 0.286 e. The van der Waals surface area contributed by atoms with E-state index in [1.54, 1.807) is 6.33 Å². The van der Waals surface area contributed by atoms with Gasteiger partial charge in [0.1, 0.15) is 17.5 Å². The van der Waals surface area contributed by atoms with E-state index in [-0.39, 0.29) is 0 Å². The van der Waals surface area contributed by atoms with E-state index in [1.807, 2.05) is 30.2 Å². The number of nitrogens with zero attached hydrogens (tertiary/aromatic N) is 4. The van der Waals surface area contributed by atoms with Gasteiger partial charge in [-0.1, -0.05) is 6.07 Å². The van der Waals surface area contributed by atoms with E-state index >= 15 is 0 Å². The molecule has 2 aromatic heterocycles. The Morgan fingerprint density at radius 1 is 1.12 bits per heavy atom. The number of rotatable bonds is 0. The molecule has 4 heteroatoms. The summed E-state index contributed by atoms with van der Waals surface area (Å²) in [5.74, 6) is 0. The summed E-state index contributed by atoms with van der Waals surface area (Å²) in [7, 11) is 1.99. The van der Waals surface area contributed by atoms with Gasteiger partial charge in [-0.15, -0.1) is 0 Å². The van der Waals surface area contributed by atoms with Gasteiger partial charge in [0.05, 0.1) is 12.4 Å². The van der Waals surface area contributed by atoms with E-state index in [0.717, 1.165) is 21.8 Å². The van der Waals surface area contributed by atoms with Crippen molar-refractivity contribution in [1.29, 1.82) is 0 Å². The molecule has 0 N–H and O–H groups in total. The molecule has 1 aromatic carbocycles. The molecule has 3 aromatic rings. The Morgan fingerprint density at radius 3 is 2.88 bits per heavy atom. The Labute approximate surface area is 92.6 Å². The third-order valence-corrected chi connectivity index (χ3v) is 2.93. The molecule has 2 heterocycles. The monoisotopic (exact) mass is 211 g/mol. The average molecular weight is 211 g/mol. The van der Waals surface area contributed by atoms with Crippen molar-refractivity contribution in [2.75, 3.05) is 0 Å². The van der Waals surface area contributed by atoms with Crippen LogP contribution in [0.2, 0.25) is 0 Å². The van der Waals surface area contributed by atoms with Crippen LogP contribution in [0.25, 0.3) is 21.8 Å². The Balaban J connectivity index is 2.58. The summed E-state index contributed by atoms with van der Waals surface area (Å²) in [6.45, 7) is 2.08. The van der Waals surface area contributed by atoms with Gasteiger partial charge in [0.2, 0.25) is 5.52 Å². The Bertz CT molecular complexity index is 691. The van der Waals surface area contributed by atoms with Crippen LogP contribution in [-0.4, -0.2) is 15.0 Å². The van der Waals surface area contributed by atoms with E-state index in [4.69, 9.17) is 0 Å². The molecule has 0 radical (unpaired) electrons. The lowest BCUT2D eigenvalue weighted by Crippen LogP contribution is -2.32. The van der Waals surface area contributed by atoms with Gasteiger partial charge in [0.15, 0.2) is 0 Å². The summed E-state index contributed by atoms with van der Waals surface area (Å²) in [6, 6.07) is 4.11. The van der Waals surface area contributed by atoms with E-state index < -0.39 is 0 Å². The molecule has 0 aliphatic carbocycles. The Kier molecular flexibility index (Phi) is 1.83. The predicted molar refractivity (Wildman–Crippen MR) is 60.8 cm³/mol. The van der Waals surface area contributed by atoms with Crippen LogP contribution >= 0.6 is 0 Å². The highest BCUT2D eigenvalue weighted by Crippen LogP contribution is 2.21. The maximum Gasteiger partial charge on any atom is 0.286 e. The van der Waals surface area contributed by atoms with E-state index in [2.05, 4.69) is 27.9 Å². The van der Waals surface area contributed by atoms with Gasteiger partial charge in [-0.05, 0) is 18.0 Å². The van der Waals surface area contributed by atoms with Gasteiger partial charge in [0, 0.05) is 11.6 Å². The van der Waals surface area contributed by atoms with Crippen LogP contribution < -0.4 is 4.57 Å². The van der Waals surface area contributed by atoms with E-state index in [0.29, 0.717) is 0 Å². The zero-order valence-electron chi connectivity index (χ0n) is 9.18. The van der Waals surface area contributed by atoms with Crippen molar-refractivity contribution in [2.24, 2.45) is 7.05 Å². The third kappa shape index (κ3) is 1.16. The first-order chi connectivity index (χ1) is 7.77. The Hall–Kier alpha value is -2.10. The first-order valence-electron chi connectivity index (χ1n) is 5.11. The topological polar surface area (TPSA) is 42.6 Å². The van der Waals surface area contributed by atoms with E-state index in [9.17, 15) is 0 Å². The highest BCUT2D eigenvalue weighted by atomic mass is 15.0. The maximum atomic E-state index is 4.44. The minimum absolute atomic E-state index is 0.913. The normalized spacial score (nSPS) is 11.1. The second-order valence-electron chi connectivity index (χ2n) is 3.86. The molecular formula is C12H11N4+. The summed E-state index contributed by atoms with van der Waals surface area (Å²) >= 11 is 0. The molecule has 78 valence electrons. The fraction of sp³-hybridized carbons (Fsp3) is 0.167. The highest BCUT2D eigenvalue weighted by molar-refractivity contribution is 6.02. The first-order valence-corrected chi connectivity index (χ1v) is 5.11. The number of aryl methyl sites for hydroxylation is 2. The second kappa shape index (κ2) is 3.20. The third-order valence-electron chi connectivity index (χ3n) is 2.93. The first kappa shape index (κ1) is 9.15. The molecule has 3 rings (SSSR count). The van der Waals surface area contributed by atoms with Gasteiger partial charge in [-0.2, -0.15) is 0 Å². The summed E-state index contributed by atoms with van der Waals surface area (Å²) in [4.78, 5) is 12.8. The smallest absolute Gasteiger partial charge is 0.244 e. The zero-order valence-corrected chi connectivity index (χ0v) is 9.18. The lowest BCUT2D eigenvalue weighted by atomic mass is 10.1. The second-order valence-corrected chi connectivity index (χ2v) is 3.86. The minimum atomic E-state index is 0.913. The molecule has 0 unspecified atom stereocenters. The van der Waals surface area contributed by atoms with Crippen molar-refractivity contribution in [3.05, 3.63) is 36.7 Å². The molecule has 0 aliphatic heterocycles. The standard InChI is InChI=1S/C12H11N4/c1-8-10-4-3-9-5-13-6-14-11(9)12(10)15-7-16(8)2/h3-7H,1-2H3/q+1. The van der Waals surface area contributed by atoms with Crippen molar-refractivity contribution in [2.45, 2.75) is 6.92 Å². The van der Waals surface area contributed by atoms with Crippen LogP contribution in [0.4, 0.5) is 0 Å². The van der Waals surface area contributed by atoms with Crippen LogP contribution in [0.5, 0.6) is 0 Å². The van der Waals surface area contributed by atoms with Gasteiger partial charge >= 0.3 is 0 Å². The van der Waals surface area contributed by atoms with Gasteiger partial charge in [-0.3, -0.25) is 0 Å². The van der Waals surface area contributed by atoms with Gasteiger partial charge in [0.25, 0.3) is 6.33 Å². The minimum Gasteiger partial charge on any atom is -0.244 e. The summed E-state index contributed by atoms with van der Waals surface area (Å²) in [6.07, 6.45) is 5.19. The molecule has 0 amide bonds. The van der Waals surface area contributed by atoms with Crippen molar-refractivity contribution < 1.29 is 4.57 Å². The maximum absolute atomic E-state index is 4.44. The van der Waals surface area contributed by atoms with E-state index in [1.165, 1.54) is 5.69 Å². The molecule has 0 saturated carbocycles. The van der Waals surface area contributed by atoms with Crippen molar-refractivity contribution >= 4 is 21.8 Å². The quantitative estimate of drug-likeness (QED) is 0.416. The van der Waals surface area contributed by atoms with Gasteiger partial charge < -0.3 is 0 Å². The molecule has 0 aliphatic rings. The molecule has 0 saturated heterocycles. The molecule has 0 atom stereocenters. The average Bonchev–Trinajstić information content (AvgIpc) is 2.33. The van der Waals surface area contributed by atoms with Crippen molar-refractivity contribution in [3.63, 3.8) is 0 Å². The summed E-state index contributed by atoms with van der Waals surface area (Å²) in [5.41, 5.74) is 3.04. The van der Waals surface area contributed by atoms with Crippen LogP contribution in [-0.2, 0) is 7.05 Å². The SMILES string of the molecule is Cc1c2ccc3cncnc3c2nc[n+]1C. The van der Waals surface area contributed by atoms with Crippen molar-refractivity contribution in [1.82, 2.24) is 15.0 Å². The molecule has 0 bridgehead atoms. The van der Waals surface area contributed by atoms with Crippen LogP contribution in [0.3, 0.4) is 0 Å². The summed E-state index contributed by atoms with van der Waals surface area (Å²) in [5, 5.41) is 2.16. The molecule has 0 spiro atoms. The molecular weight excluding hydrogens is 200 g/mol.